The van der Waals surface area contributed by atoms with E-state index in [9.17, 15) is 9.18 Å². The number of imidazole rings is 1. The van der Waals surface area contributed by atoms with Gasteiger partial charge in [0.1, 0.15) is 18.0 Å². The van der Waals surface area contributed by atoms with Gasteiger partial charge in [0.05, 0.1) is 23.0 Å². The number of benzene rings is 1. The van der Waals surface area contributed by atoms with Crippen LogP contribution < -0.4 is 11.3 Å². The van der Waals surface area contributed by atoms with Crippen LogP contribution in [0.3, 0.4) is 0 Å². The van der Waals surface area contributed by atoms with E-state index in [0.29, 0.717) is 22.0 Å². The second-order valence-electron chi connectivity index (χ2n) is 9.11. The predicted octanol–water partition coefficient (Wildman–Crippen LogP) is 4.01. The smallest absolute Gasteiger partial charge is 0.251 e. The van der Waals surface area contributed by atoms with E-state index >= 15 is 0 Å². The summed E-state index contributed by atoms with van der Waals surface area (Å²) in [5.74, 6) is -0.109. The Kier molecular flexibility index (Phi) is 4.76. The van der Waals surface area contributed by atoms with Crippen LogP contribution in [0.5, 0.6) is 0 Å². The number of halogens is 3. The molecule has 1 fully saturated rings. The van der Waals surface area contributed by atoms with Crippen LogP contribution in [-0.2, 0) is 0 Å². The van der Waals surface area contributed by atoms with E-state index in [4.69, 9.17) is 28.9 Å². The van der Waals surface area contributed by atoms with Gasteiger partial charge in [-0.25, -0.2) is 9.97 Å². The molecule has 3 N–H and O–H groups in total. The lowest BCUT2D eigenvalue weighted by atomic mass is 10.0. The molecule has 0 amide bonds. The minimum absolute atomic E-state index is 0.0648. The fourth-order valence-corrected chi connectivity index (χ4v) is 5.72. The summed E-state index contributed by atoms with van der Waals surface area (Å²) >= 11 is 12.8. The van der Waals surface area contributed by atoms with Gasteiger partial charge in [-0.05, 0) is 64.7 Å². The lowest BCUT2D eigenvalue weighted by molar-refractivity contribution is 0.528. The van der Waals surface area contributed by atoms with Crippen LogP contribution in [0.15, 0.2) is 53.6 Å². The molecule has 0 saturated heterocycles. The Morgan fingerprint density at radius 2 is 1.95 bits per heavy atom. The molecule has 184 valence electrons. The summed E-state index contributed by atoms with van der Waals surface area (Å²) in [5.41, 5.74) is 9.11. The molecule has 1 aliphatic heterocycles. The standard InChI is InChI=1S/C24H16Cl2FN9O/c25-11-1-3-16(35-9-29-33-34-35)13(7-11)10-5-17-14-8-15(14)21(36(17)19(37)6-10)20-22(26)32-24(31-20)12-2-4-18(28)30-23(12)27/h1-7,9,14-15,21H,8H2,(H2,28,30)(H,31,32). The number of tetrazole rings is 1. The van der Waals surface area contributed by atoms with Gasteiger partial charge in [0, 0.05) is 28.3 Å². The molecule has 13 heteroatoms. The van der Waals surface area contributed by atoms with Gasteiger partial charge >= 0.3 is 0 Å². The van der Waals surface area contributed by atoms with Crippen molar-refractivity contribution in [3.63, 3.8) is 0 Å². The Labute approximate surface area is 217 Å². The van der Waals surface area contributed by atoms with Crippen LogP contribution in [0, 0.1) is 11.9 Å². The highest BCUT2D eigenvalue weighted by Crippen LogP contribution is 2.61. The van der Waals surface area contributed by atoms with E-state index in [2.05, 4.69) is 30.5 Å². The number of aromatic amines is 1. The van der Waals surface area contributed by atoms with Crippen molar-refractivity contribution in [2.75, 3.05) is 5.73 Å². The van der Waals surface area contributed by atoms with Crippen molar-refractivity contribution in [1.82, 2.24) is 39.7 Å². The average molecular weight is 536 g/mol. The summed E-state index contributed by atoms with van der Waals surface area (Å²) < 4.78 is 17.7. The van der Waals surface area contributed by atoms with Gasteiger partial charge < -0.3 is 15.3 Å². The Morgan fingerprint density at radius 3 is 2.73 bits per heavy atom. The number of anilines is 1. The number of aromatic nitrogens is 8. The molecule has 1 aliphatic carbocycles. The van der Waals surface area contributed by atoms with Crippen molar-refractivity contribution >= 4 is 29.0 Å². The first-order valence-corrected chi connectivity index (χ1v) is 12.1. The first kappa shape index (κ1) is 22.1. The van der Waals surface area contributed by atoms with E-state index in [1.807, 2.05) is 6.07 Å². The number of hydrogen-bond acceptors (Lipinski definition) is 7. The number of H-pyrrole nitrogens is 1. The fraction of sp³-hybridized carbons (Fsp3) is 0.167. The second kappa shape index (κ2) is 7.95. The predicted molar refractivity (Wildman–Crippen MR) is 134 cm³/mol. The molecule has 5 aromatic rings. The molecule has 3 unspecified atom stereocenters. The van der Waals surface area contributed by atoms with Crippen LogP contribution in [0.4, 0.5) is 10.2 Å². The molecule has 0 spiro atoms. The number of nitrogens with two attached hydrogens (primary N) is 1. The summed E-state index contributed by atoms with van der Waals surface area (Å²) in [6, 6.07) is 11.5. The van der Waals surface area contributed by atoms with Crippen molar-refractivity contribution < 1.29 is 4.39 Å². The number of hydrogen-bond donors (Lipinski definition) is 2. The van der Waals surface area contributed by atoms with E-state index in [1.54, 1.807) is 28.8 Å². The van der Waals surface area contributed by atoms with E-state index in [-0.39, 0.29) is 45.8 Å². The number of rotatable bonds is 4. The molecule has 1 aromatic carbocycles. The SMILES string of the molecule is Nc1ccc(-c2nc(Cl)c(C3C4CC4c4cc(-c5cc(Cl)ccc5-n5cnnn5)cc(=O)n43)[nH]2)c(F)n1. The van der Waals surface area contributed by atoms with Crippen molar-refractivity contribution in [3.05, 3.63) is 86.7 Å². The largest absolute Gasteiger partial charge is 0.384 e. The molecule has 4 aromatic heterocycles. The van der Waals surface area contributed by atoms with Crippen LogP contribution in [0.1, 0.15) is 29.8 Å². The average Bonchev–Trinajstić information content (AvgIpc) is 3.16. The summed E-state index contributed by atoms with van der Waals surface area (Å²) in [7, 11) is 0. The number of nitrogens with zero attached hydrogens (tertiary/aromatic N) is 7. The quantitative estimate of drug-likeness (QED) is 0.332. The summed E-state index contributed by atoms with van der Waals surface area (Å²) in [6.07, 6.45) is 2.38. The zero-order chi connectivity index (χ0) is 25.4. The number of fused-ring (bicyclic) bond motifs is 3. The normalized spacial score (nSPS) is 19.6. The zero-order valence-electron chi connectivity index (χ0n) is 18.8. The molecule has 37 heavy (non-hydrogen) atoms. The van der Waals surface area contributed by atoms with Crippen LogP contribution in [-0.4, -0.2) is 39.7 Å². The lowest BCUT2D eigenvalue weighted by Crippen LogP contribution is -2.26. The Morgan fingerprint density at radius 1 is 1.08 bits per heavy atom. The third-order valence-electron chi connectivity index (χ3n) is 6.97. The maximum atomic E-state index is 14.4. The van der Waals surface area contributed by atoms with E-state index in [1.165, 1.54) is 23.1 Å². The molecular formula is C24H16Cl2FN9O. The molecular weight excluding hydrogens is 520 g/mol. The molecule has 0 bridgehead atoms. The number of nitrogen functional groups attached to an aromatic ring is 1. The van der Waals surface area contributed by atoms with Crippen molar-refractivity contribution in [3.8, 4) is 28.2 Å². The maximum absolute atomic E-state index is 14.4. The van der Waals surface area contributed by atoms with Gasteiger partial charge in [-0.3, -0.25) is 4.79 Å². The molecule has 5 heterocycles. The Balaban J connectivity index is 1.33. The lowest BCUT2D eigenvalue weighted by Gasteiger charge is -2.18. The molecule has 2 aliphatic rings. The minimum atomic E-state index is -0.755. The first-order chi connectivity index (χ1) is 17.9. The van der Waals surface area contributed by atoms with Crippen LogP contribution in [0.25, 0.3) is 28.2 Å². The van der Waals surface area contributed by atoms with E-state index in [0.717, 1.165) is 17.7 Å². The van der Waals surface area contributed by atoms with E-state index < -0.39 is 5.95 Å². The summed E-state index contributed by atoms with van der Waals surface area (Å²) in [6.45, 7) is 0. The maximum Gasteiger partial charge on any atom is 0.251 e. The monoisotopic (exact) mass is 535 g/mol. The van der Waals surface area contributed by atoms with Crippen molar-refractivity contribution in [2.24, 2.45) is 5.92 Å². The minimum Gasteiger partial charge on any atom is -0.384 e. The molecule has 1 saturated carbocycles. The third kappa shape index (κ3) is 3.45. The number of nitrogens with one attached hydrogen (secondary N) is 1. The van der Waals surface area contributed by atoms with Gasteiger partial charge in [0.2, 0.25) is 5.95 Å². The molecule has 3 atom stereocenters. The van der Waals surface area contributed by atoms with Crippen LogP contribution in [0.2, 0.25) is 10.2 Å². The highest BCUT2D eigenvalue weighted by atomic mass is 35.5. The fourth-order valence-electron chi connectivity index (χ4n) is 5.30. The molecule has 0 radical (unpaired) electrons. The second-order valence-corrected chi connectivity index (χ2v) is 9.90. The number of pyridine rings is 2. The van der Waals surface area contributed by atoms with Gasteiger partial charge in [-0.15, -0.1) is 5.10 Å². The van der Waals surface area contributed by atoms with Gasteiger partial charge in [-0.2, -0.15) is 9.07 Å². The highest BCUT2D eigenvalue weighted by Gasteiger charge is 2.54. The van der Waals surface area contributed by atoms with Crippen LogP contribution >= 0.6 is 23.2 Å². The summed E-state index contributed by atoms with van der Waals surface area (Å²) in [5, 5.41) is 12.1. The van der Waals surface area contributed by atoms with Gasteiger partial charge in [0.25, 0.3) is 5.56 Å². The van der Waals surface area contributed by atoms with Gasteiger partial charge in [0.15, 0.2) is 5.15 Å². The Hall–Kier alpha value is -4.09. The third-order valence-corrected chi connectivity index (χ3v) is 7.50. The van der Waals surface area contributed by atoms with Gasteiger partial charge in [-0.1, -0.05) is 23.2 Å². The van der Waals surface area contributed by atoms with Crippen molar-refractivity contribution in [1.29, 1.82) is 0 Å². The summed E-state index contributed by atoms with van der Waals surface area (Å²) in [4.78, 5) is 24.7. The Bertz CT molecular complexity index is 1760. The molecule has 7 rings (SSSR count). The first-order valence-electron chi connectivity index (χ1n) is 11.4. The van der Waals surface area contributed by atoms with Crippen molar-refractivity contribution in [2.45, 2.75) is 18.4 Å². The molecule has 10 nitrogen and oxygen atoms in total. The topological polar surface area (TPSA) is 133 Å². The zero-order valence-corrected chi connectivity index (χ0v) is 20.3. The highest BCUT2D eigenvalue weighted by molar-refractivity contribution is 6.31.